The molecule has 96 valence electrons. The Kier molecular flexibility index (Phi) is 5.54. The van der Waals surface area contributed by atoms with E-state index in [9.17, 15) is 4.79 Å². The normalized spacial score (nSPS) is 10.9. The summed E-state index contributed by atoms with van der Waals surface area (Å²) in [5.41, 5.74) is 2.89. The molecule has 0 spiro atoms. The monoisotopic (exact) mass is 257 g/mol. The highest BCUT2D eigenvalue weighted by molar-refractivity contribution is 7.98. The van der Waals surface area contributed by atoms with Crippen molar-refractivity contribution >= 4 is 17.7 Å². The van der Waals surface area contributed by atoms with Crippen LogP contribution in [0.3, 0.4) is 0 Å². The van der Waals surface area contributed by atoms with Crippen LogP contribution in [0.2, 0.25) is 0 Å². The molecule has 1 rings (SSSR count). The number of furan rings is 1. The van der Waals surface area contributed by atoms with Gasteiger partial charge in [0, 0.05) is 17.9 Å². The van der Waals surface area contributed by atoms with Crippen molar-refractivity contribution in [2.75, 3.05) is 26.4 Å². The maximum absolute atomic E-state index is 11.3. The predicted octanol–water partition coefficient (Wildman–Crippen LogP) is 0.986. The van der Waals surface area contributed by atoms with Crippen LogP contribution in [0, 0.1) is 6.92 Å². The molecule has 0 saturated heterocycles. The zero-order valence-electron chi connectivity index (χ0n) is 10.4. The first-order valence-corrected chi connectivity index (χ1v) is 6.52. The molecular formula is C11H19N3O2S. The Bertz CT molecular complexity index is 377. The minimum absolute atomic E-state index is 0.302. The first-order valence-electron chi connectivity index (χ1n) is 5.37. The van der Waals surface area contributed by atoms with Gasteiger partial charge in [-0.1, -0.05) is 0 Å². The van der Waals surface area contributed by atoms with Crippen molar-refractivity contribution in [2.24, 2.45) is 5.84 Å². The highest BCUT2D eigenvalue weighted by atomic mass is 32.2. The molecule has 1 amide bonds. The third-order valence-electron chi connectivity index (χ3n) is 2.23. The lowest BCUT2D eigenvalue weighted by Crippen LogP contribution is -2.30. The molecule has 0 atom stereocenters. The van der Waals surface area contributed by atoms with E-state index in [1.54, 1.807) is 11.8 Å². The smallest absolute Gasteiger partial charge is 0.301 e. The predicted molar refractivity (Wildman–Crippen MR) is 69.8 cm³/mol. The van der Waals surface area contributed by atoms with Crippen molar-refractivity contribution in [3.8, 4) is 0 Å². The Morgan fingerprint density at radius 1 is 1.59 bits per heavy atom. The quantitative estimate of drug-likeness (QED) is 0.344. The zero-order chi connectivity index (χ0) is 12.8. The van der Waals surface area contributed by atoms with E-state index in [-0.39, 0.29) is 5.91 Å². The largest absolute Gasteiger partial charge is 0.455 e. The van der Waals surface area contributed by atoms with E-state index in [4.69, 9.17) is 10.3 Å². The van der Waals surface area contributed by atoms with Gasteiger partial charge < -0.3 is 9.32 Å². The highest BCUT2D eigenvalue weighted by Gasteiger charge is 2.14. The number of nitrogens with two attached hydrogens (primary N) is 1. The van der Waals surface area contributed by atoms with Crippen LogP contribution in [-0.2, 0) is 5.75 Å². The van der Waals surface area contributed by atoms with E-state index in [0.29, 0.717) is 5.76 Å². The molecule has 1 heterocycles. The summed E-state index contributed by atoms with van der Waals surface area (Å²) >= 11 is 1.78. The van der Waals surface area contributed by atoms with Gasteiger partial charge in [0.15, 0.2) is 5.76 Å². The fraction of sp³-hybridized carbons (Fsp3) is 0.545. The second kappa shape index (κ2) is 6.68. The molecule has 0 aromatic carbocycles. The van der Waals surface area contributed by atoms with E-state index in [1.807, 2.05) is 27.1 Å². The van der Waals surface area contributed by atoms with Crippen LogP contribution in [0.15, 0.2) is 10.5 Å². The first kappa shape index (κ1) is 14.1. The molecular weight excluding hydrogens is 238 g/mol. The fourth-order valence-corrected chi connectivity index (χ4v) is 2.31. The van der Waals surface area contributed by atoms with Gasteiger partial charge in [-0.15, -0.1) is 0 Å². The van der Waals surface area contributed by atoms with Crippen LogP contribution in [0.4, 0.5) is 0 Å². The third-order valence-corrected chi connectivity index (χ3v) is 3.19. The number of hydrazine groups is 1. The molecule has 1 aromatic heterocycles. The van der Waals surface area contributed by atoms with E-state index in [1.165, 1.54) is 0 Å². The number of nitrogens with one attached hydrogen (secondary N) is 1. The second-order valence-electron chi connectivity index (χ2n) is 4.05. The average molecular weight is 257 g/mol. The van der Waals surface area contributed by atoms with E-state index in [0.717, 1.165) is 29.4 Å². The molecule has 1 aromatic rings. The number of nitrogens with zero attached hydrogens (tertiary/aromatic N) is 1. The minimum Gasteiger partial charge on any atom is -0.455 e. The maximum atomic E-state index is 11.3. The standard InChI is InChI=1S/C11H19N3O2S/c1-8-6-9(7-17-5-4-14(2)3)16-10(8)11(15)13-12/h6H,4-5,7,12H2,1-3H3,(H,13,15). The van der Waals surface area contributed by atoms with Crippen molar-refractivity contribution in [1.29, 1.82) is 0 Å². The van der Waals surface area contributed by atoms with Crippen LogP contribution >= 0.6 is 11.8 Å². The number of hydrogen-bond donors (Lipinski definition) is 2. The summed E-state index contributed by atoms with van der Waals surface area (Å²) < 4.78 is 5.45. The zero-order valence-corrected chi connectivity index (χ0v) is 11.3. The van der Waals surface area contributed by atoms with Gasteiger partial charge in [-0.2, -0.15) is 11.8 Å². The Balaban J connectivity index is 2.47. The summed E-state index contributed by atoms with van der Waals surface area (Å²) in [4.78, 5) is 13.5. The fourth-order valence-electron chi connectivity index (χ4n) is 1.33. The third kappa shape index (κ3) is 4.41. The summed E-state index contributed by atoms with van der Waals surface area (Å²) in [7, 11) is 4.09. The molecule has 17 heavy (non-hydrogen) atoms. The molecule has 0 radical (unpaired) electrons. The lowest BCUT2D eigenvalue weighted by Gasteiger charge is -2.07. The van der Waals surface area contributed by atoms with Gasteiger partial charge in [-0.05, 0) is 27.1 Å². The summed E-state index contributed by atoms with van der Waals surface area (Å²) in [6, 6.07) is 1.88. The van der Waals surface area contributed by atoms with E-state index >= 15 is 0 Å². The molecule has 0 unspecified atom stereocenters. The topological polar surface area (TPSA) is 71.5 Å². The highest BCUT2D eigenvalue weighted by Crippen LogP contribution is 2.19. The van der Waals surface area contributed by atoms with Crippen LogP contribution in [-0.4, -0.2) is 37.2 Å². The number of amides is 1. The van der Waals surface area contributed by atoms with Gasteiger partial charge in [-0.25, -0.2) is 5.84 Å². The van der Waals surface area contributed by atoms with Crippen molar-refractivity contribution in [1.82, 2.24) is 10.3 Å². The van der Waals surface area contributed by atoms with Gasteiger partial charge in [0.25, 0.3) is 0 Å². The molecule has 0 aliphatic rings. The summed E-state index contributed by atoms with van der Waals surface area (Å²) in [5, 5.41) is 0. The van der Waals surface area contributed by atoms with Gasteiger partial charge in [0.05, 0.1) is 5.75 Å². The van der Waals surface area contributed by atoms with Gasteiger partial charge in [0.2, 0.25) is 0 Å². The Morgan fingerprint density at radius 3 is 2.88 bits per heavy atom. The number of carbonyl (C=O) groups excluding carboxylic acids is 1. The van der Waals surface area contributed by atoms with Gasteiger partial charge in [-0.3, -0.25) is 10.2 Å². The van der Waals surface area contributed by atoms with Crippen LogP contribution in [0.5, 0.6) is 0 Å². The number of rotatable bonds is 6. The molecule has 0 bridgehead atoms. The SMILES string of the molecule is Cc1cc(CSCCN(C)C)oc1C(=O)NN. The number of thioether (sulfide) groups is 1. The molecule has 3 N–H and O–H groups in total. The molecule has 5 nitrogen and oxygen atoms in total. The van der Waals surface area contributed by atoms with Crippen molar-refractivity contribution in [3.63, 3.8) is 0 Å². The van der Waals surface area contributed by atoms with Crippen LogP contribution in [0.1, 0.15) is 21.9 Å². The van der Waals surface area contributed by atoms with E-state index < -0.39 is 0 Å². The summed E-state index contributed by atoms with van der Waals surface area (Å²) in [5.74, 6) is 7.60. The molecule has 0 saturated carbocycles. The molecule has 0 fully saturated rings. The summed E-state index contributed by atoms with van der Waals surface area (Å²) in [6.07, 6.45) is 0. The Hall–Kier alpha value is -0.980. The average Bonchev–Trinajstić information content (AvgIpc) is 2.65. The minimum atomic E-state index is -0.382. The molecule has 0 aliphatic heterocycles. The number of aryl methyl sites for hydroxylation is 1. The van der Waals surface area contributed by atoms with Gasteiger partial charge >= 0.3 is 5.91 Å². The lowest BCUT2D eigenvalue weighted by atomic mass is 10.2. The second-order valence-corrected chi connectivity index (χ2v) is 5.16. The van der Waals surface area contributed by atoms with Crippen molar-refractivity contribution in [2.45, 2.75) is 12.7 Å². The van der Waals surface area contributed by atoms with Crippen LogP contribution in [0.25, 0.3) is 0 Å². The number of carbonyl (C=O) groups is 1. The van der Waals surface area contributed by atoms with Crippen molar-refractivity contribution in [3.05, 3.63) is 23.2 Å². The van der Waals surface area contributed by atoms with E-state index in [2.05, 4.69) is 10.3 Å². The van der Waals surface area contributed by atoms with Crippen LogP contribution < -0.4 is 11.3 Å². The molecule has 6 heteroatoms. The first-order chi connectivity index (χ1) is 8.04. The Labute approximate surface area is 106 Å². The summed E-state index contributed by atoms with van der Waals surface area (Å²) in [6.45, 7) is 2.86. The maximum Gasteiger partial charge on any atom is 0.301 e. The van der Waals surface area contributed by atoms with Gasteiger partial charge in [0.1, 0.15) is 5.76 Å². The number of nitrogen functional groups attached to an aromatic ring is 1. The number of hydrogen-bond acceptors (Lipinski definition) is 5. The van der Waals surface area contributed by atoms with Crippen molar-refractivity contribution < 1.29 is 9.21 Å². The lowest BCUT2D eigenvalue weighted by molar-refractivity contribution is 0.0923. The molecule has 0 aliphatic carbocycles. The Morgan fingerprint density at radius 2 is 2.29 bits per heavy atom.